The molecule has 0 aliphatic heterocycles. The van der Waals surface area contributed by atoms with Crippen molar-refractivity contribution in [2.75, 3.05) is 5.32 Å². The minimum absolute atomic E-state index is 0.119. The van der Waals surface area contributed by atoms with E-state index in [1.807, 2.05) is 45.9 Å². The summed E-state index contributed by atoms with van der Waals surface area (Å²) >= 11 is 1.28. The Morgan fingerprint density at radius 2 is 1.69 bits per heavy atom. The highest BCUT2D eigenvalue weighted by atomic mass is 32.2. The highest BCUT2D eigenvalue weighted by Crippen LogP contribution is 2.27. The molecule has 1 unspecified atom stereocenters. The minimum Gasteiger partial charge on any atom is -0.325 e. The molecule has 9 heteroatoms. The molecule has 0 saturated carbocycles. The molecule has 0 spiro atoms. The van der Waals surface area contributed by atoms with Gasteiger partial charge in [-0.05, 0) is 50.5 Å². The van der Waals surface area contributed by atoms with Crippen LogP contribution in [-0.4, -0.2) is 34.3 Å². The van der Waals surface area contributed by atoms with Gasteiger partial charge in [-0.15, -0.1) is 10.2 Å². The molecule has 0 aliphatic carbocycles. The number of aryl methyl sites for hydroxylation is 3. The van der Waals surface area contributed by atoms with Crippen molar-refractivity contribution in [3.63, 3.8) is 0 Å². The van der Waals surface area contributed by atoms with Crippen molar-refractivity contribution < 1.29 is 13.2 Å². The van der Waals surface area contributed by atoms with Gasteiger partial charge in [-0.1, -0.05) is 54.6 Å². The maximum Gasteiger partial charge on any atom is 0.237 e. The van der Waals surface area contributed by atoms with E-state index in [4.69, 9.17) is 0 Å². The second kappa shape index (κ2) is 9.87. The maximum absolute atomic E-state index is 12.9. The van der Waals surface area contributed by atoms with Gasteiger partial charge in [-0.2, -0.15) is 0 Å². The molecule has 0 bridgehead atoms. The van der Waals surface area contributed by atoms with Gasteiger partial charge in [0.15, 0.2) is 15.0 Å². The second-order valence-corrected chi connectivity index (χ2v) is 11.0. The lowest BCUT2D eigenvalue weighted by atomic mass is 10.1. The lowest BCUT2D eigenvalue weighted by molar-refractivity contribution is -0.115. The van der Waals surface area contributed by atoms with Crippen LogP contribution in [-0.2, 0) is 27.4 Å². The molecule has 1 amide bonds. The number of benzene rings is 2. The van der Waals surface area contributed by atoms with Crippen LogP contribution in [0.4, 0.5) is 5.69 Å². The van der Waals surface area contributed by atoms with Gasteiger partial charge >= 0.3 is 0 Å². The molecule has 32 heavy (non-hydrogen) atoms. The molecular formula is C23H28N4O3S2. The fourth-order valence-corrected chi connectivity index (χ4v) is 5.48. The predicted molar refractivity (Wildman–Crippen MR) is 128 cm³/mol. The molecule has 0 fully saturated rings. The zero-order valence-corrected chi connectivity index (χ0v) is 20.5. The van der Waals surface area contributed by atoms with Crippen LogP contribution in [0.2, 0.25) is 0 Å². The van der Waals surface area contributed by atoms with Crippen molar-refractivity contribution in [1.29, 1.82) is 0 Å². The van der Waals surface area contributed by atoms with Crippen LogP contribution in [0.3, 0.4) is 0 Å². The van der Waals surface area contributed by atoms with Crippen LogP contribution < -0.4 is 5.32 Å². The quantitative estimate of drug-likeness (QED) is 0.493. The first-order chi connectivity index (χ1) is 15.1. The van der Waals surface area contributed by atoms with Crippen molar-refractivity contribution in [2.45, 2.75) is 55.2 Å². The molecule has 3 rings (SSSR count). The Labute approximate surface area is 193 Å². The van der Waals surface area contributed by atoms with Gasteiger partial charge < -0.3 is 9.88 Å². The number of carbonyl (C=O) groups is 1. The average Bonchev–Trinajstić information content (AvgIpc) is 3.07. The highest BCUT2D eigenvalue weighted by molar-refractivity contribution is 8.00. The van der Waals surface area contributed by atoms with Crippen molar-refractivity contribution in [3.8, 4) is 0 Å². The number of hydrogen-bond acceptors (Lipinski definition) is 6. The number of hydrogen-bond donors (Lipinski definition) is 1. The van der Waals surface area contributed by atoms with Crippen LogP contribution in [0, 0.1) is 20.8 Å². The molecule has 1 aromatic heterocycles. The SMILES string of the molecule is CCC(Sc1nnc(CS(=O)(=O)c2ccc(C)cc2)n1C)C(=O)Nc1c(C)cccc1C. The Morgan fingerprint density at radius 1 is 1.06 bits per heavy atom. The zero-order chi connectivity index (χ0) is 23.5. The first kappa shape index (κ1) is 24.0. The molecule has 1 N–H and O–H groups in total. The van der Waals surface area contributed by atoms with E-state index >= 15 is 0 Å². The number of nitrogens with zero attached hydrogens (tertiary/aromatic N) is 3. The summed E-state index contributed by atoms with van der Waals surface area (Å²) < 4.78 is 27.2. The largest absolute Gasteiger partial charge is 0.325 e. The third-order valence-corrected chi connectivity index (χ3v) is 8.29. The second-order valence-electron chi connectivity index (χ2n) is 7.80. The Balaban J connectivity index is 1.75. The third-order valence-electron chi connectivity index (χ3n) is 5.26. The standard InChI is InChI=1S/C23H28N4O3S2/c1-6-19(22(28)24-21-16(3)8-7-9-17(21)4)31-23-26-25-20(27(23)5)14-32(29,30)18-12-10-15(2)11-13-18/h7-13,19H,6,14H2,1-5H3,(H,24,28). The average molecular weight is 473 g/mol. The topological polar surface area (TPSA) is 93.9 Å². The lowest BCUT2D eigenvalue weighted by Crippen LogP contribution is -2.25. The molecule has 0 radical (unpaired) electrons. The van der Waals surface area contributed by atoms with E-state index in [0.29, 0.717) is 17.4 Å². The number of sulfone groups is 1. The van der Waals surface area contributed by atoms with Crippen molar-refractivity contribution in [2.24, 2.45) is 7.05 Å². The van der Waals surface area contributed by atoms with E-state index in [-0.39, 0.29) is 16.6 Å². The van der Waals surface area contributed by atoms with Crippen LogP contribution in [0.15, 0.2) is 52.5 Å². The van der Waals surface area contributed by atoms with Crippen molar-refractivity contribution in [3.05, 3.63) is 65.0 Å². The fraction of sp³-hybridized carbons (Fsp3) is 0.348. The van der Waals surface area contributed by atoms with Crippen LogP contribution in [0.5, 0.6) is 0 Å². The molecule has 1 atom stereocenters. The van der Waals surface area contributed by atoms with Gasteiger partial charge in [0.2, 0.25) is 5.91 Å². The molecular weight excluding hydrogens is 444 g/mol. The summed E-state index contributed by atoms with van der Waals surface area (Å²) in [7, 11) is -1.83. The molecule has 2 aromatic carbocycles. The van der Waals surface area contributed by atoms with Gasteiger partial charge in [0.05, 0.1) is 10.1 Å². The summed E-state index contributed by atoms with van der Waals surface area (Å²) in [6, 6.07) is 12.6. The number of carbonyl (C=O) groups excluding carboxylic acids is 1. The summed E-state index contributed by atoms with van der Waals surface area (Å²) in [5.74, 6) is -0.0456. The molecule has 0 aliphatic rings. The Morgan fingerprint density at radius 3 is 2.28 bits per heavy atom. The number of anilines is 1. The summed E-state index contributed by atoms with van der Waals surface area (Å²) in [5.41, 5.74) is 3.81. The third kappa shape index (κ3) is 5.39. The smallest absolute Gasteiger partial charge is 0.237 e. The summed E-state index contributed by atoms with van der Waals surface area (Å²) in [4.78, 5) is 13.2. The molecule has 0 saturated heterocycles. The van der Waals surface area contributed by atoms with E-state index in [1.165, 1.54) is 11.8 Å². The van der Waals surface area contributed by atoms with Crippen LogP contribution >= 0.6 is 11.8 Å². The number of thioether (sulfide) groups is 1. The van der Waals surface area contributed by atoms with Gasteiger partial charge in [-0.3, -0.25) is 4.79 Å². The van der Waals surface area contributed by atoms with Crippen LogP contribution in [0.1, 0.15) is 35.9 Å². The number of rotatable bonds is 8. The molecule has 3 aromatic rings. The zero-order valence-electron chi connectivity index (χ0n) is 18.9. The maximum atomic E-state index is 12.9. The van der Waals surface area contributed by atoms with E-state index in [2.05, 4.69) is 15.5 Å². The van der Waals surface area contributed by atoms with Gasteiger partial charge in [-0.25, -0.2) is 8.42 Å². The highest BCUT2D eigenvalue weighted by Gasteiger charge is 2.24. The predicted octanol–water partition coefficient (Wildman–Crippen LogP) is 4.22. The normalized spacial score (nSPS) is 12.5. The summed E-state index contributed by atoms with van der Waals surface area (Å²) in [6.45, 7) is 7.75. The Bertz CT molecular complexity index is 1200. The monoisotopic (exact) mass is 472 g/mol. The van der Waals surface area contributed by atoms with Crippen LogP contribution in [0.25, 0.3) is 0 Å². The van der Waals surface area contributed by atoms with Crippen molar-refractivity contribution in [1.82, 2.24) is 14.8 Å². The molecule has 170 valence electrons. The van der Waals surface area contributed by atoms with Gasteiger partial charge in [0.25, 0.3) is 0 Å². The van der Waals surface area contributed by atoms with Gasteiger partial charge in [0, 0.05) is 12.7 Å². The van der Waals surface area contributed by atoms with E-state index in [0.717, 1.165) is 22.4 Å². The molecule has 7 nitrogen and oxygen atoms in total. The number of para-hydroxylation sites is 1. The fourth-order valence-electron chi connectivity index (χ4n) is 3.24. The van der Waals surface area contributed by atoms with Gasteiger partial charge in [0.1, 0.15) is 11.6 Å². The lowest BCUT2D eigenvalue weighted by Gasteiger charge is -2.17. The number of aromatic nitrogens is 3. The Hall–Kier alpha value is -2.65. The first-order valence-electron chi connectivity index (χ1n) is 10.3. The van der Waals surface area contributed by atoms with E-state index in [9.17, 15) is 13.2 Å². The summed E-state index contributed by atoms with van der Waals surface area (Å²) in [5, 5.41) is 11.4. The van der Waals surface area contributed by atoms with E-state index < -0.39 is 15.1 Å². The first-order valence-corrected chi connectivity index (χ1v) is 12.9. The molecule has 1 heterocycles. The summed E-state index contributed by atoms with van der Waals surface area (Å²) in [6.07, 6.45) is 0.589. The Kier molecular flexibility index (Phi) is 7.40. The number of nitrogens with one attached hydrogen (secondary N) is 1. The number of amides is 1. The minimum atomic E-state index is -3.55. The van der Waals surface area contributed by atoms with Crippen molar-refractivity contribution >= 4 is 33.2 Å². The van der Waals surface area contributed by atoms with E-state index in [1.54, 1.807) is 35.9 Å².